The van der Waals surface area contributed by atoms with Gasteiger partial charge in [-0.25, -0.2) is 0 Å². The first-order valence-electron chi connectivity index (χ1n) is 5.94. The summed E-state index contributed by atoms with van der Waals surface area (Å²) in [5.41, 5.74) is 4.06. The Bertz CT molecular complexity index is 467. The highest BCUT2D eigenvalue weighted by atomic mass is 35.5. The Hall–Kier alpha value is -1.22. The lowest BCUT2D eigenvalue weighted by Gasteiger charge is -2.18. The van der Waals surface area contributed by atoms with Crippen LogP contribution in [0.15, 0.2) is 0 Å². The molecule has 0 atom stereocenters. The van der Waals surface area contributed by atoms with Crippen molar-refractivity contribution in [1.82, 2.24) is 0 Å². The second-order valence-electron chi connectivity index (χ2n) is 4.45. The molecule has 0 spiro atoms. The lowest BCUT2D eigenvalue weighted by atomic mass is 9.95. The number of hydrogen-bond acceptors (Lipinski definition) is 2. The zero-order valence-corrected chi connectivity index (χ0v) is 12.0. The van der Waals surface area contributed by atoms with Gasteiger partial charge in [-0.05, 0) is 55.9 Å². The minimum absolute atomic E-state index is 0.160. The van der Waals surface area contributed by atoms with Gasteiger partial charge in [0.1, 0.15) is 5.75 Å². The molecule has 1 rings (SSSR count). The van der Waals surface area contributed by atoms with Crippen molar-refractivity contribution in [1.29, 1.82) is 0 Å². The molecule has 100 valence electrons. The van der Waals surface area contributed by atoms with E-state index in [0.717, 1.165) is 33.0 Å². The van der Waals surface area contributed by atoms with Gasteiger partial charge in [0.25, 0.3) is 0 Å². The van der Waals surface area contributed by atoms with Crippen LogP contribution in [0.2, 0.25) is 5.02 Å². The van der Waals surface area contributed by atoms with Crippen molar-refractivity contribution >= 4 is 17.6 Å². The summed E-state index contributed by atoms with van der Waals surface area (Å²) in [7, 11) is 1.63. The number of benzene rings is 1. The van der Waals surface area contributed by atoms with E-state index in [2.05, 4.69) is 0 Å². The number of aliphatic carboxylic acids is 1. The van der Waals surface area contributed by atoms with Gasteiger partial charge in [0.05, 0.1) is 7.11 Å². The number of carboxylic acids is 1. The molecule has 0 fully saturated rings. The number of carbonyl (C=O) groups is 1. The molecule has 0 saturated heterocycles. The van der Waals surface area contributed by atoms with Gasteiger partial charge < -0.3 is 9.84 Å². The summed E-state index contributed by atoms with van der Waals surface area (Å²) in [4.78, 5) is 10.6. The molecule has 1 N–H and O–H groups in total. The highest BCUT2D eigenvalue weighted by Crippen LogP contribution is 2.36. The average Bonchev–Trinajstić information content (AvgIpc) is 2.33. The Balaban J connectivity index is 3.12. The molecular formula is C14H19ClO3. The minimum atomic E-state index is -0.776. The monoisotopic (exact) mass is 270 g/mol. The second-order valence-corrected chi connectivity index (χ2v) is 4.83. The smallest absolute Gasteiger partial charge is 0.303 e. The van der Waals surface area contributed by atoms with Gasteiger partial charge in [0, 0.05) is 11.4 Å². The van der Waals surface area contributed by atoms with Gasteiger partial charge in [-0.3, -0.25) is 4.79 Å². The Kier molecular flexibility index (Phi) is 5.03. The Morgan fingerprint density at radius 3 is 2.33 bits per heavy atom. The van der Waals surface area contributed by atoms with E-state index in [4.69, 9.17) is 21.4 Å². The van der Waals surface area contributed by atoms with E-state index in [1.165, 1.54) is 0 Å². The quantitative estimate of drug-likeness (QED) is 0.888. The Morgan fingerprint density at radius 2 is 1.83 bits per heavy atom. The van der Waals surface area contributed by atoms with Crippen LogP contribution in [-0.2, 0) is 11.2 Å². The standard InChI is InChI=1S/C14H19ClO3/c1-8-9(2)14(18-4)11(10(3)13(8)15)6-5-7-12(16)17/h5-7H2,1-4H3,(H,16,17). The summed E-state index contributed by atoms with van der Waals surface area (Å²) in [5, 5.41) is 9.43. The SMILES string of the molecule is COc1c(C)c(C)c(Cl)c(C)c1CCCC(=O)O. The summed E-state index contributed by atoms with van der Waals surface area (Å²) in [5.74, 6) is 0.0568. The maximum absolute atomic E-state index is 10.6. The van der Waals surface area contributed by atoms with E-state index < -0.39 is 5.97 Å². The molecule has 0 aliphatic heterocycles. The number of methoxy groups -OCH3 is 1. The molecule has 0 radical (unpaired) electrons. The molecule has 0 aliphatic carbocycles. The van der Waals surface area contributed by atoms with E-state index in [9.17, 15) is 4.79 Å². The van der Waals surface area contributed by atoms with Gasteiger partial charge >= 0.3 is 5.97 Å². The van der Waals surface area contributed by atoms with E-state index >= 15 is 0 Å². The van der Waals surface area contributed by atoms with Crippen LogP contribution in [-0.4, -0.2) is 18.2 Å². The largest absolute Gasteiger partial charge is 0.496 e. The molecule has 0 amide bonds. The topological polar surface area (TPSA) is 46.5 Å². The molecule has 0 aliphatic rings. The number of halogens is 1. The minimum Gasteiger partial charge on any atom is -0.496 e. The third-order valence-electron chi connectivity index (χ3n) is 3.31. The van der Waals surface area contributed by atoms with Crippen molar-refractivity contribution in [3.05, 3.63) is 27.3 Å². The maximum atomic E-state index is 10.6. The predicted molar refractivity (Wildman–Crippen MR) is 72.8 cm³/mol. The Labute approximate surface area is 113 Å². The van der Waals surface area contributed by atoms with Crippen LogP contribution in [0.25, 0.3) is 0 Å². The van der Waals surface area contributed by atoms with Gasteiger partial charge in [0.15, 0.2) is 0 Å². The van der Waals surface area contributed by atoms with E-state index in [1.807, 2.05) is 20.8 Å². The molecule has 0 bridgehead atoms. The van der Waals surface area contributed by atoms with Crippen LogP contribution in [0.1, 0.15) is 35.1 Å². The maximum Gasteiger partial charge on any atom is 0.303 e. The fourth-order valence-corrected chi connectivity index (χ4v) is 2.39. The summed E-state index contributed by atoms with van der Waals surface area (Å²) >= 11 is 6.29. The van der Waals surface area contributed by atoms with Gasteiger partial charge in [-0.15, -0.1) is 0 Å². The highest BCUT2D eigenvalue weighted by Gasteiger charge is 2.16. The molecule has 3 nitrogen and oxygen atoms in total. The number of carboxylic acid groups (broad SMARTS) is 1. The van der Waals surface area contributed by atoms with E-state index in [-0.39, 0.29) is 6.42 Å². The summed E-state index contributed by atoms with van der Waals surface area (Å²) in [6, 6.07) is 0. The van der Waals surface area contributed by atoms with Crippen molar-refractivity contribution in [2.24, 2.45) is 0 Å². The third kappa shape index (κ3) is 2.96. The molecule has 0 unspecified atom stereocenters. The lowest BCUT2D eigenvalue weighted by Crippen LogP contribution is -2.03. The number of ether oxygens (including phenoxy) is 1. The first-order valence-corrected chi connectivity index (χ1v) is 6.31. The summed E-state index contributed by atoms with van der Waals surface area (Å²) in [6.07, 6.45) is 1.42. The highest BCUT2D eigenvalue weighted by molar-refractivity contribution is 6.32. The molecule has 0 saturated carbocycles. The van der Waals surface area contributed by atoms with Crippen molar-refractivity contribution in [3.8, 4) is 5.75 Å². The van der Waals surface area contributed by atoms with Crippen LogP contribution in [0.4, 0.5) is 0 Å². The molecular weight excluding hydrogens is 252 g/mol. The molecule has 1 aromatic rings. The fourth-order valence-electron chi connectivity index (χ4n) is 2.14. The molecule has 1 aromatic carbocycles. The van der Waals surface area contributed by atoms with Gasteiger partial charge in [-0.2, -0.15) is 0 Å². The molecule has 0 aromatic heterocycles. The first kappa shape index (κ1) is 14.8. The number of rotatable bonds is 5. The van der Waals surface area contributed by atoms with Crippen LogP contribution in [0, 0.1) is 20.8 Å². The zero-order valence-electron chi connectivity index (χ0n) is 11.3. The van der Waals surface area contributed by atoms with Gasteiger partial charge in [0.2, 0.25) is 0 Å². The predicted octanol–water partition coefficient (Wildman–Crippen LogP) is 3.68. The normalized spacial score (nSPS) is 10.5. The fraction of sp³-hybridized carbons (Fsp3) is 0.500. The lowest BCUT2D eigenvalue weighted by molar-refractivity contribution is -0.137. The number of hydrogen-bond donors (Lipinski definition) is 1. The van der Waals surface area contributed by atoms with E-state index in [1.54, 1.807) is 7.11 Å². The Morgan fingerprint density at radius 1 is 1.22 bits per heavy atom. The molecule has 4 heteroatoms. The van der Waals surface area contributed by atoms with E-state index in [0.29, 0.717) is 12.8 Å². The molecule has 0 heterocycles. The van der Waals surface area contributed by atoms with Gasteiger partial charge in [-0.1, -0.05) is 11.6 Å². The average molecular weight is 271 g/mol. The van der Waals surface area contributed by atoms with Crippen molar-refractivity contribution in [3.63, 3.8) is 0 Å². The zero-order chi connectivity index (χ0) is 13.9. The summed E-state index contributed by atoms with van der Waals surface area (Å²) < 4.78 is 5.44. The van der Waals surface area contributed by atoms with Crippen molar-refractivity contribution < 1.29 is 14.6 Å². The van der Waals surface area contributed by atoms with Crippen molar-refractivity contribution in [2.45, 2.75) is 40.0 Å². The third-order valence-corrected chi connectivity index (χ3v) is 3.88. The molecule has 18 heavy (non-hydrogen) atoms. The van der Waals surface area contributed by atoms with Crippen LogP contribution in [0.5, 0.6) is 5.75 Å². The van der Waals surface area contributed by atoms with Crippen LogP contribution < -0.4 is 4.74 Å². The van der Waals surface area contributed by atoms with Crippen molar-refractivity contribution in [2.75, 3.05) is 7.11 Å². The first-order chi connectivity index (χ1) is 8.40. The summed E-state index contributed by atoms with van der Waals surface area (Å²) in [6.45, 7) is 5.89. The second kappa shape index (κ2) is 6.10. The van der Waals surface area contributed by atoms with Crippen LogP contribution in [0.3, 0.4) is 0 Å². The van der Waals surface area contributed by atoms with Crippen LogP contribution >= 0.6 is 11.6 Å².